The number of nitrogens with zero attached hydrogens (tertiary/aromatic N) is 2. The first kappa shape index (κ1) is 25.2. The van der Waals surface area contributed by atoms with Crippen LogP contribution in [0.4, 0.5) is 10.1 Å². The molecule has 0 saturated carbocycles. The van der Waals surface area contributed by atoms with E-state index >= 15 is 0 Å². The van der Waals surface area contributed by atoms with Gasteiger partial charge >= 0.3 is 0 Å². The standard InChI is InChI=1S/C18H17FN4O2S.C2H6.CH4O/c1-3-12-4-6-14-16(26(25)22-12)10-23(2)17(14)18(24)21-13-5-7-15(19)11(8-13)9-20;2*1-2/h3,5,7-8,10,12,22H,1,4,6H2,2H3,(H,21,24);1-2H3;2H,1H3. The number of aromatic nitrogens is 1. The lowest BCUT2D eigenvalue weighted by molar-refractivity contribution is 0.101. The maximum Gasteiger partial charge on any atom is 0.272 e. The van der Waals surface area contributed by atoms with Gasteiger partial charge in [0.05, 0.1) is 10.5 Å². The summed E-state index contributed by atoms with van der Waals surface area (Å²) in [5, 5.41) is 18.6. The molecule has 2 atom stereocenters. The van der Waals surface area contributed by atoms with Crippen LogP contribution >= 0.6 is 0 Å². The summed E-state index contributed by atoms with van der Waals surface area (Å²) in [6.45, 7) is 7.72. The highest BCUT2D eigenvalue weighted by Gasteiger charge is 2.27. The van der Waals surface area contributed by atoms with E-state index in [0.29, 0.717) is 34.7 Å². The number of rotatable bonds is 3. The molecule has 0 spiro atoms. The van der Waals surface area contributed by atoms with Crippen LogP contribution in [0.3, 0.4) is 0 Å². The van der Waals surface area contributed by atoms with Crippen molar-refractivity contribution >= 4 is 22.6 Å². The second-order valence-corrected chi connectivity index (χ2v) is 7.17. The molecule has 0 fully saturated rings. The minimum atomic E-state index is -1.44. The molecular weight excluding hydrogens is 407 g/mol. The average Bonchev–Trinajstić information content (AvgIpc) is 3.03. The van der Waals surface area contributed by atoms with E-state index < -0.39 is 22.7 Å². The Labute approximate surface area is 178 Å². The third-order valence-electron chi connectivity index (χ3n) is 4.25. The molecule has 7 nitrogen and oxygen atoms in total. The number of hydrogen-bond acceptors (Lipinski definition) is 4. The second kappa shape index (κ2) is 12.0. The maximum atomic E-state index is 13.4. The smallest absolute Gasteiger partial charge is 0.272 e. The zero-order chi connectivity index (χ0) is 22.8. The first-order valence-corrected chi connectivity index (χ1v) is 10.5. The molecule has 0 aliphatic carbocycles. The Morgan fingerprint density at radius 1 is 1.47 bits per heavy atom. The van der Waals surface area contributed by atoms with Crippen molar-refractivity contribution in [2.75, 3.05) is 12.4 Å². The fraction of sp³-hybridized carbons (Fsp3) is 0.333. The number of anilines is 1. The predicted octanol–water partition coefficient (Wildman–Crippen LogP) is 3.04. The van der Waals surface area contributed by atoms with Gasteiger partial charge in [-0.25, -0.2) is 13.3 Å². The molecule has 30 heavy (non-hydrogen) atoms. The third kappa shape index (κ3) is 5.63. The zero-order valence-corrected chi connectivity index (χ0v) is 18.3. The van der Waals surface area contributed by atoms with Crippen LogP contribution < -0.4 is 10.0 Å². The summed E-state index contributed by atoms with van der Waals surface area (Å²) < 4.78 is 30.5. The number of carbonyl (C=O) groups excluding carboxylic acids is 1. The molecule has 3 N–H and O–H groups in total. The van der Waals surface area contributed by atoms with E-state index in [4.69, 9.17) is 10.4 Å². The SMILES string of the molecule is C=CC1CCc2c(cn(C)c2C(=O)Nc2ccc(F)c(C#N)c2)S(=O)N1.CC.CO. The summed E-state index contributed by atoms with van der Waals surface area (Å²) in [6, 6.07) is 5.45. The van der Waals surface area contributed by atoms with Gasteiger partial charge in [0.25, 0.3) is 5.91 Å². The van der Waals surface area contributed by atoms with Crippen LogP contribution in [0.1, 0.15) is 41.9 Å². The number of aliphatic hydroxyl groups excluding tert-OH is 1. The van der Waals surface area contributed by atoms with Gasteiger partial charge in [-0.1, -0.05) is 19.9 Å². The van der Waals surface area contributed by atoms with E-state index in [-0.39, 0.29) is 11.6 Å². The predicted molar refractivity (Wildman–Crippen MR) is 116 cm³/mol. The van der Waals surface area contributed by atoms with Gasteiger partial charge in [-0.2, -0.15) is 5.26 Å². The largest absolute Gasteiger partial charge is 0.400 e. The highest BCUT2D eigenvalue weighted by Crippen LogP contribution is 2.26. The second-order valence-electron chi connectivity index (χ2n) is 5.96. The molecule has 0 bridgehead atoms. The molecule has 1 aromatic heterocycles. The van der Waals surface area contributed by atoms with Gasteiger partial charge in [-0.15, -0.1) is 6.58 Å². The van der Waals surface area contributed by atoms with E-state index in [0.717, 1.165) is 13.2 Å². The zero-order valence-electron chi connectivity index (χ0n) is 17.5. The monoisotopic (exact) mass is 434 g/mol. The first-order chi connectivity index (χ1) is 14.4. The van der Waals surface area contributed by atoms with Crippen molar-refractivity contribution in [3.05, 3.63) is 59.7 Å². The molecule has 1 aliphatic heterocycles. The molecule has 1 aromatic carbocycles. The number of hydrogen-bond donors (Lipinski definition) is 3. The lowest BCUT2D eigenvalue weighted by Gasteiger charge is -2.11. The maximum absolute atomic E-state index is 13.4. The normalized spacial score (nSPS) is 17.0. The molecular formula is C21H27FN4O3S. The molecule has 162 valence electrons. The summed E-state index contributed by atoms with van der Waals surface area (Å²) in [5.41, 5.74) is 1.28. The van der Waals surface area contributed by atoms with Crippen LogP contribution in [-0.4, -0.2) is 32.9 Å². The van der Waals surface area contributed by atoms with E-state index in [1.165, 1.54) is 12.1 Å². The molecule has 0 radical (unpaired) electrons. The van der Waals surface area contributed by atoms with Crippen molar-refractivity contribution in [3.8, 4) is 6.07 Å². The van der Waals surface area contributed by atoms with Crippen molar-refractivity contribution < 1.29 is 18.5 Å². The molecule has 2 unspecified atom stereocenters. The van der Waals surface area contributed by atoms with Gasteiger partial charge in [0.15, 0.2) is 0 Å². The summed E-state index contributed by atoms with van der Waals surface area (Å²) in [7, 11) is 1.27. The highest BCUT2D eigenvalue weighted by atomic mass is 32.2. The summed E-state index contributed by atoms with van der Waals surface area (Å²) in [5.74, 6) is -1.05. The molecule has 0 saturated heterocycles. The molecule has 2 aromatic rings. The number of amides is 1. The van der Waals surface area contributed by atoms with Crippen molar-refractivity contribution in [1.29, 1.82) is 5.26 Å². The third-order valence-corrected chi connectivity index (χ3v) is 5.52. The lowest BCUT2D eigenvalue weighted by atomic mass is 10.1. The fourth-order valence-electron chi connectivity index (χ4n) is 2.95. The van der Waals surface area contributed by atoms with E-state index in [1.807, 2.05) is 13.8 Å². The lowest BCUT2D eigenvalue weighted by Crippen LogP contribution is -2.27. The Bertz CT molecular complexity index is 966. The minimum Gasteiger partial charge on any atom is -0.400 e. The number of nitriles is 1. The van der Waals surface area contributed by atoms with Crippen LogP contribution in [0.5, 0.6) is 0 Å². The fourth-order valence-corrected chi connectivity index (χ4v) is 4.24. The van der Waals surface area contributed by atoms with Gasteiger partial charge in [-0.3, -0.25) is 4.79 Å². The van der Waals surface area contributed by atoms with Crippen molar-refractivity contribution in [1.82, 2.24) is 9.29 Å². The van der Waals surface area contributed by atoms with Crippen LogP contribution in [0, 0.1) is 17.1 Å². The number of benzene rings is 1. The van der Waals surface area contributed by atoms with Gasteiger partial charge in [-0.05, 0) is 31.0 Å². The topological polar surface area (TPSA) is 107 Å². The molecule has 1 aliphatic rings. The molecule has 3 rings (SSSR count). The molecule has 9 heteroatoms. The van der Waals surface area contributed by atoms with E-state index in [1.54, 1.807) is 30.0 Å². The number of fused-ring (bicyclic) bond motifs is 1. The highest BCUT2D eigenvalue weighted by molar-refractivity contribution is 7.83. The Morgan fingerprint density at radius 3 is 2.73 bits per heavy atom. The number of carbonyl (C=O) groups is 1. The van der Waals surface area contributed by atoms with Crippen molar-refractivity contribution in [2.24, 2.45) is 7.05 Å². The van der Waals surface area contributed by atoms with Crippen LogP contribution in [0.2, 0.25) is 0 Å². The molecule has 1 amide bonds. The van der Waals surface area contributed by atoms with Gasteiger partial charge < -0.3 is 15.0 Å². The molecule has 2 heterocycles. The van der Waals surface area contributed by atoms with E-state index in [9.17, 15) is 13.4 Å². The van der Waals surface area contributed by atoms with E-state index in [2.05, 4.69) is 16.6 Å². The van der Waals surface area contributed by atoms with Gasteiger partial charge in [0, 0.05) is 37.6 Å². The number of aliphatic hydroxyl groups is 1. The Morgan fingerprint density at radius 2 is 2.13 bits per heavy atom. The Kier molecular flexibility index (Phi) is 10.1. The summed E-state index contributed by atoms with van der Waals surface area (Å²) >= 11 is 0. The Balaban J connectivity index is 0.00000106. The van der Waals surface area contributed by atoms with Crippen molar-refractivity contribution in [2.45, 2.75) is 37.6 Å². The Hall–Kier alpha value is -2.80. The van der Waals surface area contributed by atoms with Crippen molar-refractivity contribution in [3.63, 3.8) is 0 Å². The van der Waals surface area contributed by atoms with Gasteiger partial charge in [0.2, 0.25) is 0 Å². The summed E-state index contributed by atoms with van der Waals surface area (Å²) in [4.78, 5) is 13.3. The van der Waals surface area contributed by atoms with Gasteiger partial charge in [0.1, 0.15) is 28.6 Å². The first-order valence-electron chi connectivity index (χ1n) is 9.39. The average molecular weight is 435 g/mol. The quantitative estimate of drug-likeness (QED) is 0.646. The minimum absolute atomic E-state index is 0.0975. The number of halogens is 1. The van der Waals surface area contributed by atoms with Crippen LogP contribution in [-0.2, 0) is 24.5 Å². The summed E-state index contributed by atoms with van der Waals surface area (Å²) in [6.07, 6.45) is 4.61. The van der Waals surface area contributed by atoms with Crippen LogP contribution in [0.15, 0.2) is 41.9 Å². The number of aryl methyl sites for hydroxylation is 1. The van der Waals surface area contributed by atoms with Crippen LogP contribution in [0.25, 0.3) is 0 Å². The number of nitrogens with one attached hydrogen (secondary N) is 2.